The summed E-state index contributed by atoms with van der Waals surface area (Å²) < 4.78 is 0. The second-order valence-corrected chi connectivity index (χ2v) is 6.27. The van der Waals surface area contributed by atoms with Gasteiger partial charge >= 0.3 is 0 Å². The van der Waals surface area contributed by atoms with Crippen LogP contribution < -0.4 is 10.2 Å². The standard InChI is InChI=1S/C20H22N4O3/c1-4-23(5-2)17-11-10-14(12-21-17)22-18(25)13(3)24-19(26)15-8-6-7-9-16(15)20(24)27/h6-13H,4-5H2,1-3H3,(H,22,25). The number of fused-ring (bicyclic) bond motifs is 1. The second kappa shape index (κ2) is 7.57. The van der Waals surface area contributed by atoms with E-state index in [1.54, 1.807) is 36.5 Å². The molecule has 3 rings (SSSR count). The Hall–Kier alpha value is -3.22. The van der Waals surface area contributed by atoms with E-state index < -0.39 is 23.8 Å². The number of benzene rings is 1. The Kier molecular flexibility index (Phi) is 5.21. The van der Waals surface area contributed by atoms with E-state index in [9.17, 15) is 14.4 Å². The average Bonchev–Trinajstić information content (AvgIpc) is 2.94. The minimum atomic E-state index is -0.931. The fourth-order valence-electron chi connectivity index (χ4n) is 3.12. The van der Waals surface area contributed by atoms with E-state index in [0.717, 1.165) is 23.8 Å². The molecular weight excluding hydrogens is 344 g/mol. The van der Waals surface area contributed by atoms with E-state index in [-0.39, 0.29) is 0 Å². The Bertz CT molecular complexity index is 840. The van der Waals surface area contributed by atoms with Crippen LogP contribution in [0.1, 0.15) is 41.5 Å². The first-order chi connectivity index (χ1) is 13.0. The third-order valence-corrected chi connectivity index (χ3v) is 4.70. The van der Waals surface area contributed by atoms with E-state index in [4.69, 9.17) is 0 Å². The molecule has 2 aromatic rings. The maximum Gasteiger partial charge on any atom is 0.262 e. The molecule has 1 aromatic carbocycles. The van der Waals surface area contributed by atoms with Crippen molar-refractivity contribution in [1.82, 2.24) is 9.88 Å². The molecule has 1 aliphatic heterocycles. The lowest BCUT2D eigenvalue weighted by molar-refractivity contribution is -0.119. The zero-order valence-electron chi connectivity index (χ0n) is 15.6. The summed E-state index contributed by atoms with van der Waals surface area (Å²) in [6.45, 7) is 7.31. The summed E-state index contributed by atoms with van der Waals surface area (Å²) in [5.74, 6) is -0.519. The molecule has 27 heavy (non-hydrogen) atoms. The van der Waals surface area contributed by atoms with Crippen LogP contribution in [-0.4, -0.2) is 46.7 Å². The number of amides is 3. The molecule has 0 spiro atoms. The number of rotatable bonds is 6. The van der Waals surface area contributed by atoms with Crippen LogP contribution in [0.5, 0.6) is 0 Å². The summed E-state index contributed by atoms with van der Waals surface area (Å²) in [7, 11) is 0. The lowest BCUT2D eigenvalue weighted by Crippen LogP contribution is -2.45. The van der Waals surface area contributed by atoms with Crippen LogP contribution in [0.15, 0.2) is 42.6 Å². The Morgan fingerprint density at radius 1 is 1.07 bits per heavy atom. The molecule has 140 valence electrons. The van der Waals surface area contributed by atoms with Gasteiger partial charge in [-0.05, 0) is 45.0 Å². The maximum absolute atomic E-state index is 12.6. The minimum Gasteiger partial charge on any atom is -0.357 e. The molecule has 2 heterocycles. The molecule has 7 nitrogen and oxygen atoms in total. The van der Waals surface area contributed by atoms with Gasteiger partial charge in [0, 0.05) is 13.1 Å². The Morgan fingerprint density at radius 3 is 2.15 bits per heavy atom. The molecule has 1 N–H and O–H groups in total. The molecule has 0 fully saturated rings. The number of carbonyl (C=O) groups excluding carboxylic acids is 3. The monoisotopic (exact) mass is 366 g/mol. The topological polar surface area (TPSA) is 82.6 Å². The first-order valence-electron chi connectivity index (χ1n) is 8.96. The SMILES string of the molecule is CCN(CC)c1ccc(NC(=O)C(C)N2C(=O)c3ccccc3C2=O)cn1. The van der Waals surface area contributed by atoms with Crippen molar-refractivity contribution in [2.45, 2.75) is 26.8 Å². The van der Waals surface area contributed by atoms with E-state index >= 15 is 0 Å². The van der Waals surface area contributed by atoms with E-state index in [1.807, 2.05) is 19.9 Å². The molecule has 1 unspecified atom stereocenters. The normalized spacial score (nSPS) is 14.1. The molecule has 0 saturated carbocycles. The quantitative estimate of drug-likeness (QED) is 0.795. The van der Waals surface area contributed by atoms with Gasteiger partial charge in [-0.15, -0.1) is 0 Å². The smallest absolute Gasteiger partial charge is 0.262 e. The Balaban J connectivity index is 1.72. The lowest BCUT2D eigenvalue weighted by atomic mass is 10.1. The van der Waals surface area contributed by atoms with Crippen LogP contribution in [0.2, 0.25) is 0 Å². The predicted octanol–water partition coefficient (Wildman–Crippen LogP) is 2.55. The lowest BCUT2D eigenvalue weighted by Gasteiger charge is -2.22. The van der Waals surface area contributed by atoms with Crippen molar-refractivity contribution in [3.05, 3.63) is 53.7 Å². The number of imide groups is 1. The third-order valence-electron chi connectivity index (χ3n) is 4.70. The van der Waals surface area contributed by atoms with Gasteiger partial charge in [-0.1, -0.05) is 12.1 Å². The van der Waals surface area contributed by atoms with Crippen molar-refractivity contribution in [3.63, 3.8) is 0 Å². The largest absolute Gasteiger partial charge is 0.357 e. The summed E-state index contributed by atoms with van der Waals surface area (Å²) in [4.78, 5) is 45.0. The van der Waals surface area contributed by atoms with Crippen molar-refractivity contribution < 1.29 is 14.4 Å². The highest BCUT2D eigenvalue weighted by Gasteiger charge is 2.40. The van der Waals surface area contributed by atoms with E-state index in [2.05, 4.69) is 15.2 Å². The fraction of sp³-hybridized carbons (Fsp3) is 0.300. The van der Waals surface area contributed by atoms with E-state index in [0.29, 0.717) is 16.8 Å². The molecule has 3 amide bonds. The summed E-state index contributed by atoms with van der Waals surface area (Å²) in [6, 6.07) is 9.23. The van der Waals surface area contributed by atoms with Gasteiger partial charge in [0.2, 0.25) is 5.91 Å². The zero-order valence-corrected chi connectivity index (χ0v) is 15.6. The Labute approximate surface area is 158 Å². The highest BCUT2D eigenvalue weighted by atomic mass is 16.2. The van der Waals surface area contributed by atoms with Crippen LogP contribution in [0.4, 0.5) is 11.5 Å². The van der Waals surface area contributed by atoms with Crippen LogP contribution in [0.25, 0.3) is 0 Å². The number of hydrogen-bond donors (Lipinski definition) is 1. The Morgan fingerprint density at radius 2 is 1.67 bits per heavy atom. The van der Waals surface area contributed by atoms with Gasteiger partial charge in [0.05, 0.1) is 23.0 Å². The molecule has 1 atom stereocenters. The molecular formula is C20H22N4O3. The van der Waals surface area contributed by atoms with Gasteiger partial charge < -0.3 is 10.2 Å². The molecule has 1 aliphatic rings. The van der Waals surface area contributed by atoms with Crippen LogP contribution in [-0.2, 0) is 4.79 Å². The van der Waals surface area contributed by atoms with Crippen molar-refractivity contribution in [1.29, 1.82) is 0 Å². The van der Waals surface area contributed by atoms with Gasteiger partial charge in [-0.2, -0.15) is 0 Å². The molecule has 1 aromatic heterocycles. The van der Waals surface area contributed by atoms with Crippen molar-refractivity contribution in [2.24, 2.45) is 0 Å². The van der Waals surface area contributed by atoms with Gasteiger partial charge in [-0.3, -0.25) is 19.3 Å². The number of anilines is 2. The van der Waals surface area contributed by atoms with Crippen molar-refractivity contribution in [3.8, 4) is 0 Å². The summed E-state index contributed by atoms with van der Waals surface area (Å²) >= 11 is 0. The van der Waals surface area contributed by atoms with Crippen molar-refractivity contribution >= 4 is 29.2 Å². The minimum absolute atomic E-state index is 0.326. The predicted molar refractivity (Wildman–Crippen MR) is 103 cm³/mol. The number of carbonyl (C=O) groups is 3. The number of nitrogens with zero attached hydrogens (tertiary/aromatic N) is 3. The second-order valence-electron chi connectivity index (χ2n) is 6.27. The van der Waals surface area contributed by atoms with Gasteiger partial charge in [0.15, 0.2) is 0 Å². The third kappa shape index (κ3) is 3.40. The molecule has 0 bridgehead atoms. The number of nitrogens with one attached hydrogen (secondary N) is 1. The zero-order chi connectivity index (χ0) is 19.6. The van der Waals surface area contributed by atoms with Gasteiger partial charge in [0.25, 0.3) is 11.8 Å². The molecule has 0 radical (unpaired) electrons. The summed E-state index contributed by atoms with van der Waals surface area (Å²) in [6.07, 6.45) is 1.57. The average molecular weight is 366 g/mol. The molecule has 7 heteroatoms. The highest BCUT2D eigenvalue weighted by molar-refractivity contribution is 6.23. The fourth-order valence-corrected chi connectivity index (χ4v) is 3.12. The maximum atomic E-state index is 12.6. The highest BCUT2D eigenvalue weighted by Crippen LogP contribution is 2.25. The van der Waals surface area contributed by atoms with E-state index in [1.165, 1.54) is 6.92 Å². The van der Waals surface area contributed by atoms with Gasteiger partial charge in [0.1, 0.15) is 11.9 Å². The first-order valence-corrected chi connectivity index (χ1v) is 8.96. The molecule has 0 aliphatic carbocycles. The number of aromatic nitrogens is 1. The van der Waals surface area contributed by atoms with Crippen LogP contribution in [0, 0.1) is 0 Å². The van der Waals surface area contributed by atoms with Crippen LogP contribution >= 0.6 is 0 Å². The van der Waals surface area contributed by atoms with Gasteiger partial charge in [-0.25, -0.2) is 4.98 Å². The first kappa shape index (κ1) is 18.6. The van der Waals surface area contributed by atoms with Crippen molar-refractivity contribution in [2.75, 3.05) is 23.3 Å². The molecule has 0 saturated heterocycles. The summed E-state index contributed by atoms with van der Waals surface area (Å²) in [5.41, 5.74) is 1.17. The summed E-state index contributed by atoms with van der Waals surface area (Å²) in [5, 5.41) is 2.72. The van der Waals surface area contributed by atoms with Crippen LogP contribution in [0.3, 0.4) is 0 Å². The number of hydrogen-bond acceptors (Lipinski definition) is 5. The number of pyridine rings is 1.